The number of amides is 1. The Bertz CT molecular complexity index is 95.1. The lowest BCUT2D eigenvalue weighted by Gasteiger charge is -2.06. The maximum Gasteiger partial charge on any atom is 0.219 e. The largest absolute Gasteiger partial charge is 0.369 e. The van der Waals surface area contributed by atoms with Crippen LogP contribution in [-0.2, 0) is 4.79 Å². The lowest BCUT2D eigenvalue weighted by Crippen LogP contribution is -2.22. The lowest BCUT2D eigenvalue weighted by molar-refractivity contribution is -0.121. The fourth-order valence-corrected chi connectivity index (χ4v) is 0.896. The monoisotopic (exact) mass is 127 g/mol. The molecule has 52 valence electrons. The Morgan fingerprint density at radius 2 is 2.33 bits per heavy atom. The van der Waals surface area contributed by atoms with Crippen molar-refractivity contribution in [2.24, 2.45) is 11.7 Å². The van der Waals surface area contributed by atoms with Crippen LogP contribution in [-0.4, -0.2) is 13.2 Å². The van der Waals surface area contributed by atoms with Crippen LogP contribution in [0.15, 0.2) is 0 Å². The van der Waals surface area contributed by atoms with E-state index < -0.39 is 0 Å². The number of carbonyl (C=O) groups is 1. The van der Waals surface area contributed by atoms with Gasteiger partial charge in [0.05, 0.1) is 0 Å². The fraction of sp³-hybridized carbons (Fsp3) is 0.833. The van der Waals surface area contributed by atoms with E-state index in [0.717, 1.165) is 20.0 Å². The Balaban J connectivity index is 3.54. The number of carbonyl (C=O) groups excluding carboxylic acids is 1. The van der Waals surface area contributed by atoms with Crippen molar-refractivity contribution in [2.75, 3.05) is 0 Å². The van der Waals surface area contributed by atoms with Gasteiger partial charge in [-0.2, -0.15) is 0 Å². The Morgan fingerprint density at radius 3 is 2.44 bits per heavy atom. The van der Waals surface area contributed by atoms with Crippen LogP contribution in [0.1, 0.15) is 13.3 Å². The summed E-state index contributed by atoms with van der Waals surface area (Å²) in [5.74, 6) is -0.0469. The second kappa shape index (κ2) is 4.42. The van der Waals surface area contributed by atoms with Crippen LogP contribution in [0.2, 0.25) is 13.1 Å². The molecule has 0 heterocycles. The summed E-state index contributed by atoms with van der Waals surface area (Å²) in [7, 11) is 1.04. The number of hydrogen-bond acceptors (Lipinski definition) is 1. The summed E-state index contributed by atoms with van der Waals surface area (Å²) in [6.07, 6.45) is 1.81. The topological polar surface area (TPSA) is 43.1 Å². The first-order valence-electron chi connectivity index (χ1n) is 3.51. The van der Waals surface area contributed by atoms with Gasteiger partial charge in [-0.3, -0.25) is 4.79 Å². The predicted octanol–water partition coefficient (Wildman–Crippen LogP) is 0.401. The molecule has 1 atom stereocenters. The first kappa shape index (κ1) is 8.53. The van der Waals surface area contributed by atoms with Gasteiger partial charge in [-0.15, -0.1) is 0 Å². The minimum Gasteiger partial charge on any atom is -0.369 e. The fourth-order valence-electron chi connectivity index (χ4n) is 0.896. The zero-order valence-corrected chi connectivity index (χ0v) is 6.18. The van der Waals surface area contributed by atoms with Crippen LogP contribution in [0.3, 0.4) is 0 Å². The van der Waals surface area contributed by atoms with E-state index in [2.05, 4.69) is 6.82 Å². The summed E-state index contributed by atoms with van der Waals surface area (Å²) in [6.45, 7) is 4.05. The zero-order valence-electron chi connectivity index (χ0n) is 6.18. The highest BCUT2D eigenvalue weighted by molar-refractivity contribution is 6.34. The van der Waals surface area contributed by atoms with Crippen molar-refractivity contribution in [1.29, 1.82) is 0 Å². The summed E-state index contributed by atoms with van der Waals surface area (Å²) >= 11 is 0. The Morgan fingerprint density at radius 1 is 1.78 bits per heavy atom. The van der Waals surface area contributed by atoms with E-state index in [0.29, 0.717) is 0 Å². The first-order valence-corrected chi connectivity index (χ1v) is 3.51. The standard InChI is InChI=1S/C6H14BNO/c1-3-5(4-7-2)6(8)9/h5,7H,3-4H2,1-2H3,(H2,8,9)/t5-/m1/s1. The lowest BCUT2D eigenvalue weighted by atomic mass is 9.71. The third kappa shape index (κ3) is 3.17. The van der Waals surface area contributed by atoms with E-state index in [9.17, 15) is 4.79 Å². The van der Waals surface area contributed by atoms with Crippen LogP contribution < -0.4 is 5.73 Å². The first-order chi connectivity index (χ1) is 4.22. The normalized spacial score (nSPS) is 12.7. The molecule has 0 aromatic carbocycles. The molecule has 0 aromatic rings. The van der Waals surface area contributed by atoms with Crippen molar-refractivity contribution in [2.45, 2.75) is 26.5 Å². The molecule has 0 fully saturated rings. The van der Waals surface area contributed by atoms with Crippen LogP contribution in [0.5, 0.6) is 0 Å². The quantitative estimate of drug-likeness (QED) is 0.545. The summed E-state index contributed by atoms with van der Waals surface area (Å²) in [5.41, 5.74) is 5.09. The van der Waals surface area contributed by atoms with E-state index in [1.54, 1.807) is 0 Å². The maximum absolute atomic E-state index is 10.5. The van der Waals surface area contributed by atoms with E-state index >= 15 is 0 Å². The molecule has 0 unspecified atom stereocenters. The van der Waals surface area contributed by atoms with Gasteiger partial charge in [0.15, 0.2) is 0 Å². The van der Waals surface area contributed by atoms with Gasteiger partial charge in [0.1, 0.15) is 7.28 Å². The summed E-state index contributed by atoms with van der Waals surface area (Å²) in [6, 6.07) is 0. The van der Waals surface area contributed by atoms with E-state index in [-0.39, 0.29) is 11.8 Å². The van der Waals surface area contributed by atoms with Crippen molar-refractivity contribution >= 4 is 13.2 Å². The van der Waals surface area contributed by atoms with Crippen molar-refractivity contribution < 1.29 is 4.79 Å². The molecule has 0 aliphatic rings. The molecular formula is C6H14BNO. The number of primary amides is 1. The van der Waals surface area contributed by atoms with Gasteiger partial charge in [0, 0.05) is 5.92 Å². The molecule has 0 spiro atoms. The summed E-state index contributed by atoms with van der Waals surface area (Å²) in [4.78, 5) is 10.5. The van der Waals surface area contributed by atoms with Gasteiger partial charge < -0.3 is 5.73 Å². The molecule has 0 rings (SSSR count). The van der Waals surface area contributed by atoms with E-state index in [4.69, 9.17) is 5.73 Å². The smallest absolute Gasteiger partial charge is 0.219 e. The molecule has 0 bridgehead atoms. The number of rotatable bonds is 4. The highest BCUT2D eigenvalue weighted by atomic mass is 16.1. The Hall–Kier alpha value is -0.465. The molecule has 0 saturated carbocycles. The summed E-state index contributed by atoms with van der Waals surface area (Å²) in [5, 5.41) is 0. The molecule has 0 aliphatic carbocycles. The molecule has 2 nitrogen and oxygen atoms in total. The number of hydrogen-bond donors (Lipinski definition) is 1. The van der Waals surface area contributed by atoms with Gasteiger partial charge >= 0.3 is 0 Å². The van der Waals surface area contributed by atoms with E-state index in [1.807, 2.05) is 6.92 Å². The molecule has 1 amide bonds. The Kier molecular flexibility index (Phi) is 4.19. The summed E-state index contributed by atoms with van der Waals surface area (Å²) < 4.78 is 0. The number of nitrogens with two attached hydrogens (primary N) is 1. The predicted molar refractivity (Wildman–Crippen MR) is 40.8 cm³/mol. The van der Waals surface area contributed by atoms with Gasteiger partial charge in [-0.1, -0.05) is 20.1 Å². The molecular weight excluding hydrogens is 113 g/mol. The molecule has 9 heavy (non-hydrogen) atoms. The van der Waals surface area contributed by atoms with Crippen molar-refractivity contribution in [1.82, 2.24) is 0 Å². The van der Waals surface area contributed by atoms with Crippen LogP contribution >= 0.6 is 0 Å². The van der Waals surface area contributed by atoms with Gasteiger partial charge in [0.2, 0.25) is 5.91 Å². The van der Waals surface area contributed by atoms with Gasteiger partial charge in [-0.25, -0.2) is 0 Å². The van der Waals surface area contributed by atoms with Crippen LogP contribution in [0.4, 0.5) is 0 Å². The molecule has 2 N–H and O–H groups in total. The SMILES string of the molecule is CBC[C@@H](CC)C(N)=O. The van der Waals surface area contributed by atoms with Gasteiger partial charge in [-0.05, 0) is 6.42 Å². The molecule has 0 aliphatic heterocycles. The maximum atomic E-state index is 10.5. The third-order valence-corrected chi connectivity index (χ3v) is 1.53. The van der Waals surface area contributed by atoms with Crippen molar-refractivity contribution in [3.63, 3.8) is 0 Å². The minimum atomic E-state index is -0.153. The molecule has 0 saturated heterocycles. The highest BCUT2D eigenvalue weighted by Crippen LogP contribution is 2.06. The van der Waals surface area contributed by atoms with Crippen molar-refractivity contribution in [3.05, 3.63) is 0 Å². The average Bonchev–Trinajstić information content (AvgIpc) is 1.82. The molecule has 0 radical (unpaired) electrons. The van der Waals surface area contributed by atoms with Crippen molar-refractivity contribution in [3.8, 4) is 0 Å². The second-order valence-corrected chi connectivity index (χ2v) is 2.30. The highest BCUT2D eigenvalue weighted by Gasteiger charge is 2.10. The molecule has 3 heteroatoms. The van der Waals surface area contributed by atoms with Gasteiger partial charge in [0.25, 0.3) is 0 Å². The zero-order chi connectivity index (χ0) is 7.28. The van der Waals surface area contributed by atoms with Crippen LogP contribution in [0, 0.1) is 5.92 Å². The molecule has 0 aromatic heterocycles. The Labute approximate surface area is 57.1 Å². The third-order valence-electron chi connectivity index (χ3n) is 1.53. The average molecular weight is 127 g/mol. The van der Waals surface area contributed by atoms with Crippen LogP contribution in [0.25, 0.3) is 0 Å². The second-order valence-electron chi connectivity index (χ2n) is 2.30. The minimum absolute atomic E-state index is 0.106. The van der Waals surface area contributed by atoms with E-state index in [1.165, 1.54) is 0 Å².